The minimum atomic E-state index is 0.527. The van der Waals surface area contributed by atoms with Crippen LogP contribution in [0.25, 0.3) is 0 Å². The van der Waals surface area contributed by atoms with Crippen molar-refractivity contribution in [3.05, 3.63) is 29.1 Å². The van der Waals surface area contributed by atoms with Crippen molar-refractivity contribution < 1.29 is 0 Å². The van der Waals surface area contributed by atoms with Crippen molar-refractivity contribution in [1.82, 2.24) is 9.88 Å². The molecule has 1 aromatic rings. The molecule has 1 aliphatic rings. The molecule has 2 nitrogen and oxygen atoms in total. The molecule has 0 bridgehead atoms. The Labute approximate surface area is 105 Å². The lowest BCUT2D eigenvalue weighted by molar-refractivity contribution is 0.220. The number of rotatable bonds is 3. The van der Waals surface area contributed by atoms with E-state index >= 15 is 0 Å². The number of piperidine rings is 1. The molecule has 0 aliphatic carbocycles. The predicted molar refractivity (Wildman–Crippen MR) is 72.2 cm³/mol. The van der Waals surface area contributed by atoms with Gasteiger partial charge in [0, 0.05) is 18.4 Å². The molecule has 94 valence electrons. The zero-order chi connectivity index (χ0) is 12.3. The summed E-state index contributed by atoms with van der Waals surface area (Å²) in [4.78, 5) is 7.17. The van der Waals surface area contributed by atoms with Gasteiger partial charge in [0.1, 0.15) is 0 Å². The number of pyridine rings is 1. The van der Waals surface area contributed by atoms with E-state index in [1.54, 1.807) is 0 Å². The van der Waals surface area contributed by atoms with Gasteiger partial charge in [0.25, 0.3) is 0 Å². The Kier molecular flexibility index (Phi) is 4.16. The van der Waals surface area contributed by atoms with Crippen molar-refractivity contribution in [2.75, 3.05) is 13.1 Å². The van der Waals surface area contributed by atoms with Crippen LogP contribution in [-0.2, 0) is 6.54 Å². The van der Waals surface area contributed by atoms with Crippen LogP contribution in [-0.4, -0.2) is 23.0 Å². The zero-order valence-corrected chi connectivity index (χ0v) is 11.4. The molecule has 1 fully saturated rings. The molecule has 1 saturated heterocycles. The van der Waals surface area contributed by atoms with Gasteiger partial charge in [0.05, 0.1) is 0 Å². The predicted octanol–water partition coefficient (Wildman–Crippen LogP) is 3.50. The third kappa shape index (κ3) is 3.29. The molecule has 2 heterocycles. The molecule has 2 rings (SSSR count). The van der Waals surface area contributed by atoms with E-state index in [0.717, 1.165) is 6.54 Å². The summed E-state index contributed by atoms with van der Waals surface area (Å²) < 4.78 is 0. The average molecular weight is 232 g/mol. The van der Waals surface area contributed by atoms with E-state index in [4.69, 9.17) is 0 Å². The molecule has 17 heavy (non-hydrogen) atoms. The summed E-state index contributed by atoms with van der Waals surface area (Å²) in [5.74, 6) is 0.527. The first kappa shape index (κ1) is 12.6. The maximum atomic E-state index is 4.62. The van der Waals surface area contributed by atoms with Crippen molar-refractivity contribution in [1.29, 1.82) is 0 Å². The summed E-state index contributed by atoms with van der Waals surface area (Å²) in [6.45, 7) is 10.2. The topological polar surface area (TPSA) is 16.1 Å². The minimum absolute atomic E-state index is 0.527. The SMILES string of the molecule is Cc1cc(CN2CCCCC2)cnc1C(C)C. The molecular weight excluding hydrogens is 208 g/mol. The molecule has 0 atom stereocenters. The lowest BCUT2D eigenvalue weighted by atomic mass is 10.0. The monoisotopic (exact) mass is 232 g/mol. The second kappa shape index (κ2) is 5.63. The largest absolute Gasteiger partial charge is 0.299 e. The van der Waals surface area contributed by atoms with E-state index in [0.29, 0.717) is 5.92 Å². The Morgan fingerprint density at radius 2 is 1.94 bits per heavy atom. The minimum Gasteiger partial charge on any atom is -0.299 e. The van der Waals surface area contributed by atoms with Crippen molar-refractivity contribution >= 4 is 0 Å². The second-order valence-corrected chi connectivity index (χ2v) is 5.54. The Bertz CT molecular complexity index is 365. The smallest absolute Gasteiger partial charge is 0.0458 e. The van der Waals surface area contributed by atoms with Gasteiger partial charge < -0.3 is 0 Å². The average Bonchev–Trinajstić information content (AvgIpc) is 2.30. The summed E-state index contributed by atoms with van der Waals surface area (Å²) in [6, 6.07) is 2.32. The summed E-state index contributed by atoms with van der Waals surface area (Å²) in [5, 5.41) is 0. The highest BCUT2D eigenvalue weighted by atomic mass is 15.1. The summed E-state index contributed by atoms with van der Waals surface area (Å²) in [6.07, 6.45) is 6.18. The van der Waals surface area contributed by atoms with Crippen molar-refractivity contribution in [3.63, 3.8) is 0 Å². The van der Waals surface area contributed by atoms with E-state index in [2.05, 4.69) is 42.9 Å². The van der Waals surface area contributed by atoms with Crippen LogP contribution in [0.5, 0.6) is 0 Å². The molecule has 0 N–H and O–H groups in total. The highest BCUT2D eigenvalue weighted by molar-refractivity contribution is 5.26. The number of aromatic nitrogens is 1. The van der Waals surface area contributed by atoms with Crippen LogP contribution in [0.2, 0.25) is 0 Å². The van der Waals surface area contributed by atoms with Gasteiger partial charge in [-0.25, -0.2) is 0 Å². The third-order valence-electron chi connectivity index (χ3n) is 3.58. The van der Waals surface area contributed by atoms with Gasteiger partial charge in [0.2, 0.25) is 0 Å². The fourth-order valence-electron chi connectivity index (χ4n) is 2.71. The maximum absolute atomic E-state index is 4.62. The van der Waals surface area contributed by atoms with Crippen molar-refractivity contribution in [3.8, 4) is 0 Å². The van der Waals surface area contributed by atoms with Crippen LogP contribution in [0.4, 0.5) is 0 Å². The Morgan fingerprint density at radius 3 is 2.53 bits per heavy atom. The molecule has 1 aromatic heterocycles. The van der Waals surface area contributed by atoms with Crippen LogP contribution in [0, 0.1) is 6.92 Å². The lowest BCUT2D eigenvalue weighted by Gasteiger charge is -2.26. The Morgan fingerprint density at radius 1 is 1.24 bits per heavy atom. The first-order valence-electron chi connectivity index (χ1n) is 6.84. The summed E-state index contributed by atoms with van der Waals surface area (Å²) >= 11 is 0. The van der Waals surface area contributed by atoms with Crippen LogP contribution in [0.1, 0.15) is 55.8 Å². The van der Waals surface area contributed by atoms with Gasteiger partial charge in [-0.3, -0.25) is 9.88 Å². The van der Waals surface area contributed by atoms with Crippen LogP contribution in [0.3, 0.4) is 0 Å². The Hall–Kier alpha value is -0.890. The van der Waals surface area contributed by atoms with E-state index < -0.39 is 0 Å². The maximum Gasteiger partial charge on any atom is 0.0458 e. The molecule has 1 aliphatic heterocycles. The molecule has 0 saturated carbocycles. The van der Waals surface area contributed by atoms with Gasteiger partial charge in [0.15, 0.2) is 0 Å². The van der Waals surface area contributed by atoms with Gasteiger partial charge in [-0.2, -0.15) is 0 Å². The molecule has 2 heteroatoms. The van der Waals surface area contributed by atoms with Gasteiger partial charge in [-0.05, 0) is 49.9 Å². The normalized spacial score (nSPS) is 17.6. The molecule has 0 unspecified atom stereocenters. The standard InChI is InChI=1S/C15H24N2/c1-12(2)15-13(3)9-14(10-16-15)11-17-7-5-4-6-8-17/h9-10,12H,4-8,11H2,1-3H3. The third-order valence-corrected chi connectivity index (χ3v) is 3.58. The summed E-state index contributed by atoms with van der Waals surface area (Å²) in [5.41, 5.74) is 3.95. The van der Waals surface area contributed by atoms with Crippen molar-refractivity contribution in [2.45, 2.75) is 52.5 Å². The lowest BCUT2D eigenvalue weighted by Crippen LogP contribution is -2.29. The highest BCUT2D eigenvalue weighted by Crippen LogP contribution is 2.19. The number of likely N-dealkylation sites (tertiary alicyclic amines) is 1. The van der Waals surface area contributed by atoms with Gasteiger partial charge >= 0.3 is 0 Å². The van der Waals surface area contributed by atoms with Crippen LogP contribution < -0.4 is 0 Å². The Balaban J connectivity index is 2.04. The molecular formula is C15H24N2. The first-order chi connectivity index (χ1) is 8.16. The molecule has 0 radical (unpaired) electrons. The molecule has 0 aromatic carbocycles. The zero-order valence-electron chi connectivity index (χ0n) is 11.4. The van der Waals surface area contributed by atoms with E-state index in [1.807, 2.05) is 0 Å². The van der Waals surface area contributed by atoms with Gasteiger partial charge in [-0.15, -0.1) is 0 Å². The quantitative estimate of drug-likeness (QED) is 0.793. The van der Waals surface area contributed by atoms with E-state index in [1.165, 1.54) is 49.2 Å². The van der Waals surface area contributed by atoms with Gasteiger partial charge in [-0.1, -0.05) is 26.3 Å². The van der Waals surface area contributed by atoms with Crippen LogP contribution in [0.15, 0.2) is 12.3 Å². The first-order valence-corrected chi connectivity index (χ1v) is 6.84. The van der Waals surface area contributed by atoms with E-state index in [-0.39, 0.29) is 0 Å². The molecule has 0 spiro atoms. The number of hydrogen-bond donors (Lipinski definition) is 0. The van der Waals surface area contributed by atoms with Crippen molar-refractivity contribution in [2.24, 2.45) is 0 Å². The molecule has 0 amide bonds. The van der Waals surface area contributed by atoms with Crippen LogP contribution >= 0.6 is 0 Å². The highest BCUT2D eigenvalue weighted by Gasteiger charge is 2.12. The fraction of sp³-hybridized carbons (Fsp3) is 0.667. The number of nitrogens with zero attached hydrogens (tertiary/aromatic N) is 2. The number of hydrogen-bond acceptors (Lipinski definition) is 2. The fourth-order valence-corrected chi connectivity index (χ4v) is 2.71. The number of aryl methyl sites for hydroxylation is 1. The summed E-state index contributed by atoms with van der Waals surface area (Å²) in [7, 11) is 0. The second-order valence-electron chi connectivity index (χ2n) is 5.54. The van der Waals surface area contributed by atoms with E-state index in [9.17, 15) is 0 Å².